The Hall–Kier alpha value is -1.59. The molecule has 18 heavy (non-hydrogen) atoms. The van der Waals surface area contributed by atoms with E-state index in [1.54, 1.807) is 17.4 Å². The van der Waals surface area contributed by atoms with Gasteiger partial charge in [0, 0.05) is 6.54 Å². The number of nitrogens with one attached hydrogen (secondary N) is 1. The highest BCUT2D eigenvalue weighted by Crippen LogP contribution is 2.19. The second kappa shape index (κ2) is 5.37. The molecule has 2 N–H and O–H groups in total. The summed E-state index contributed by atoms with van der Waals surface area (Å²) in [5.41, 5.74) is 2.25. The number of thiophene rings is 1. The van der Waals surface area contributed by atoms with Gasteiger partial charge in [0.1, 0.15) is 5.82 Å². The van der Waals surface area contributed by atoms with Gasteiger partial charge in [0.25, 0.3) is 0 Å². The SMILES string of the molecule is Cc1cscc1CNc1ccc(Cl)c(C(=O)O)n1. The number of halogens is 1. The number of carboxylic acid groups (broad SMARTS) is 1. The van der Waals surface area contributed by atoms with Crippen LogP contribution in [0.25, 0.3) is 0 Å². The van der Waals surface area contributed by atoms with E-state index in [9.17, 15) is 4.79 Å². The van der Waals surface area contributed by atoms with Crippen LogP contribution in [0.15, 0.2) is 22.9 Å². The third-order valence-electron chi connectivity index (χ3n) is 2.47. The minimum Gasteiger partial charge on any atom is -0.476 e. The molecule has 2 rings (SSSR count). The van der Waals surface area contributed by atoms with Crippen molar-refractivity contribution in [1.82, 2.24) is 4.98 Å². The smallest absolute Gasteiger partial charge is 0.356 e. The van der Waals surface area contributed by atoms with Crippen LogP contribution in [0.5, 0.6) is 0 Å². The Kier molecular flexibility index (Phi) is 3.84. The largest absolute Gasteiger partial charge is 0.476 e. The molecule has 2 aromatic heterocycles. The fourth-order valence-electron chi connectivity index (χ4n) is 1.44. The minimum absolute atomic E-state index is 0.135. The molecule has 0 aromatic carbocycles. The van der Waals surface area contributed by atoms with Crippen LogP contribution in [-0.4, -0.2) is 16.1 Å². The first-order valence-corrected chi connectivity index (χ1v) is 6.55. The number of pyridine rings is 1. The number of aromatic carboxylic acids is 1. The molecule has 2 heterocycles. The molecule has 2 aromatic rings. The van der Waals surface area contributed by atoms with E-state index < -0.39 is 5.97 Å². The average molecular weight is 283 g/mol. The number of aromatic nitrogens is 1. The molecule has 0 atom stereocenters. The van der Waals surface area contributed by atoms with Crippen LogP contribution in [-0.2, 0) is 6.54 Å². The molecule has 94 valence electrons. The normalized spacial score (nSPS) is 10.3. The molecular weight excluding hydrogens is 272 g/mol. The summed E-state index contributed by atoms with van der Waals surface area (Å²) in [6.45, 7) is 2.65. The van der Waals surface area contributed by atoms with Gasteiger partial charge in [-0.15, -0.1) is 0 Å². The summed E-state index contributed by atoms with van der Waals surface area (Å²) in [7, 11) is 0. The molecule has 0 unspecified atom stereocenters. The van der Waals surface area contributed by atoms with Gasteiger partial charge in [-0.3, -0.25) is 0 Å². The first-order valence-electron chi connectivity index (χ1n) is 5.23. The Bertz CT molecular complexity index is 583. The maximum Gasteiger partial charge on any atom is 0.356 e. The topological polar surface area (TPSA) is 62.2 Å². The maximum atomic E-state index is 10.9. The molecule has 0 aliphatic carbocycles. The van der Waals surface area contributed by atoms with Crippen LogP contribution >= 0.6 is 22.9 Å². The third kappa shape index (κ3) is 2.80. The summed E-state index contributed by atoms with van der Waals surface area (Å²) < 4.78 is 0. The van der Waals surface area contributed by atoms with Gasteiger partial charge in [-0.25, -0.2) is 9.78 Å². The Morgan fingerprint density at radius 3 is 2.89 bits per heavy atom. The standard InChI is InChI=1S/C12H11ClN2O2S/c1-7-5-18-6-8(7)4-14-10-3-2-9(13)11(15-10)12(16)17/h2-3,5-6H,4H2,1H3,(H,14,15)(H,16,17). The molecular formula is C12H11ClN2O2S. The van der Waals surface area contributed by atoms with Crippen molar-refractivity contribution in [1.29, 1.82) is 0 Å². The molecule has 0 aliphatic rings. The lowest BCUT2D eigenvalue weighted by Crippen LogP contribution is -2.06. The van der Waals surface area contributed by atoms with Crippen LogP contribution in [0.4, 0.5) is 5.82 Å². The van der Waals surface area contributed by atoms with Crippen molar-refractivity contribution >= 4 is 34.7 Å². The van der Waals surface area contributed by atoms with Crippen molar-refractivity contribution in [3.8, 4) is 0 Å². The van der Waals surface area contributed by atoms with E-state index in [2.05, 4.69) is 21.1 Å². The highest BCUT2D eigenvalue weighted by molar-refractivity contribution is 7.08. The van der Waals surface area contributed by atoms with Gasteiger partial charge in [-0.1, -0.05) is 11.6 Å². The van der Waals surface area contributed by atoms with Crippen molar-refractivity contribution in [2.45, 2.75) is 13.5 Å². The van der Waals surface area contributed by atoms with Gasteiger partial charge in [-0.2, -0.15) is 11.3 Å². The second-order valence-corrected chi connectivity index (χ2v) is 4.92. The summed E-state index contributed by atoms with van der Waals surface area (Å²) in [5.74, 6) is -0.627. The summed E-state index contributed by atoms with van der Waals surface area (Å²) in [6.07, 6.45) is 0. The van der Waals surface area contributed by atoms with E-state index in [-0.39, 0.29) is 10.7 Å². The predicted molar refractivity (Wildman–Crippen MR) is 72.6 cm³/mol. The average Bonchev–Trinajstić information content (AvgIpc) is 2.73. The van der Waals surface area contributed by atoms with E-state index in [0.29, 0.717) is 12.4 Å². The number of anilines is 1. The van der Waals surface area contributed by atoms with E-state index >= 15 is 0 Å². The van der Waals surface area contributed by atoms with Crippen LogP contribution in [0.1, 0.15) is 21.6 Å². The van der Waals surface area contributed by atoms with Gasteiger partial charge in [0.2, 0.25) is 0 Å². The zero-order valence-electron chi connectivity index (χ0n) is 9.61. The summed E-state index contributed by atoms with van der Waals surface area (Å²) in [4.78, 5) is 14.8. The van der Waals surface area contributed by atoms with Crippen molar-refractivity contribution in [2.75, 3.05) is 5.32 Å². The first kappa shape index (κ1) is 12.9. The fourth-order valence-corrected chi connectivity index (χ4v) is 2.49. The number of rotatable bonds is 4. The molecule has 0 bridgehead atoms. The van der Waals surface area contributed by atoms with Gasteiger partial charge >= 0.3 is 5.97 Å². The highest BCUT2D eigenvalue weighted by Gasteiger charge is 2.11. The first-order chi connectivity index (χ1) is 8.58. The van der Waals surface area contributed by atoms with Gasteiger partial charge in [0.15, 0.2) is 5.69 Å². The molecule has 0 amide bonds. The third-order valence-corrected chi connectivity index (χ3v) is 3.69. The second-order valence-electron chi connectivity index (χ2n) is 3.77. The number of aryl methyl sites for hydroxylation is 1. The zero-order chi connectivity index (χ0) is 13.1. The lowest BCUT2D eigenvalue weighted by atomic mass is 10.2. The predicted octanol–water partition coefficient (Wildman–Crippen LogP) is 3.42. The zero-order valence-corrected chi connectivity index (χ0v) is 11.2. The lowest BCUT2D eigenvalue weighted by molar-refractivity contribution is 0.0691. The number of carbonyl (C=O) groups is 1. The fraction of sp³-hybridized carbons (Fsp3) is 0.167. The summed E-state index contributed by atoms with van der Waals surface area (Å²) >= 11 is 7.38. The summed E-state index contributed by atoms with van der Waals surface area (Å²) in [6, 6.07) is 3.19. The Balaban J connectivity index is 2.13. The van der Waals surface area contributed by atoms with Crippen LogP contribution in [0.2, 0.25) is 5.02 Å². The molecule has 0 spiro atoms. The minimum atomic E-state index is -1.13. The van der Waals surface area contributed by atoms with E-state index in [0.717, 1.165) is 0 Å². The van der Waals surface area contributed by atoms with Gasteiger partial charge < -0.3 is 10.4 Å². The molecule has 0 saturated heterocycles. The van der Waals surface area contributed by atoms with Gasteiger partial charge in [0.05, 0.1) is 5.02 Å². The van der Waals surface area contributed by atoms with Crippen LogP contribution in [0, 0.1) is 6.92 Å². The van der Waals surface area contributed by atoms with Crippen molar-refractivity contribution in [2.24, 2.45) is 0 Å². The number of carboxylic acids is 1. The number of nitrogens with zero attached hydrogens (tertiary/aromatic N) is 1. The maximum absolute atomic E-state index is 10.9. The van der Waals surface area contributed by atoms with Crippen LogP contribution in [0.3, 0.4) is 0 Å². The monoisotopic (exact) mass is 282 g/mol. The Labute approximate surface area is 113 Å². The number of hydrogen-bond donors (Lipinski definition) is 2. The van der Waals surface area contributed by atoms with E-state index in [1.807, 2.05) is 6.92 Å². The quantitative estimate of drug-likeness (QED) is 0.902. The molecule has 6 heteroatoms. The molecule has 0 fully saturated rings. The molecule has 0 radical (unpaired) electrons. The van der Waals surface area contributed by atoms with Crippen molar-refractivity contribution in [3.63, 3.8) is 0 Å². The highest BCUT2D eigenvalue weighted by atomic mass is 35.5. The van der Waals surface area contributed by atoms with Gasteiger partial charge in [-0.05, 0) is 40.9 Å². The molecule has 0 saturated carbocycles. The van der Waals surface area contributed by atoms with Crippen molar-refractivity contribution < 1.29 is 9.90 Å². The molecule has 4 nitrogen and oxygen atoms in total. The van der Waals surface area contributed by atoms with Crippen molar-refractivity contribution in [3.05, 3.63) is 44.7 Å². The molecule has 0 aliphatic heterocycles. The summed E-state index contributed by atoms with van der Waals surface area (Å²) in [5, 5.41) is 16.3. The number of hydrogen-bond acceptors (Lipinski definition) is 4. The lowest BCUT2D eigenvalue weighted by Gasteiger charge is -2.07. The Morgan fingerprint density at radius 2 is 2.28 bits per heavy atom. The van der Waals surface area contributed by atoms with E-state index in [4.69, 9.17) is 16.7 Å². The van der Waals surface area contributed by atoms with E-state index in [1.165, 1.54) is 17.2 Å². The Morgan fingerprint density at radius 1 is 1.50 bits per heavy atom. The van der Waals surface area contributed by atoms with Crippen LogP contribution < -0.4 is 5.32 Å².